The molecule has 4 nitrogen and oxygen atoms in total. The SMILES string of the molecule is COc1cccc(C(=O)Nc2ccc(Br)cc2F)c1OC. The molecule has 0 atom stereocenters. The largest absolute Gasteiger partial charge is 0.493 e. The summed E-state index contributed by atoms with van der Waals surface area (Å²) in [5, 5.41) is 2.51. The first-order valence-corrected chi connectivity index (χ1v) is 6.83. The van der Waals surface area contributed by atoms with Crippen LogP contribution in [0, 0.1) is 5.82 Å². The average molecular weight is 354 g/mol. The monoisotopic (exact) mass is 353 g/mol. The molecule has 110 valence electrons. The molecule has 0 bridgehead atoms. The number of benzene rings is 2. The van der Waals surface area contributed by atoms with E-state index in [9.17, 15) is 9.18 Å². The summed E-state index contributed by atoms with van der Waals surface area (Å²) < 4.78 is 24.7. The average Bonchev–Trinajstić information content (AvgIpc) is 2.49. The second-order valence-corrected chi connectivity index (χ2v) is 5.04. The van der Waals surface area contributed by atoms with Crippen LogP contribution in [-0.2, 0) is 0 Å². The fourth-order valence-corrected chi connectivity index (χ4v) is 2.18. The van der Waals surface area contributed by atoms with Crippen LogP contribution in [0.3, 0.4) is 0 Å². The van der Waals surface area contributed by atoms with Crippen LogP contribution in [0.15, 0.2) is 40.9 Å². The third-order valence-corrected chi connectivity index (χ3v) is 3.32. The van der Waals surface area contributed by atoms with E-state index in [1.54, 1.807) is 24.3 Å². The predicted octanol–water partition coefficient (Wildman–Crippen LogP) is 3.86. The highest BCUT2D eigenvalue weighted by atomic mass is 79.9. The van der Waals surface area contributed by atoms with E-state index in [0.29, 0.717) is 16.0 Å². The van der Waals surface area contributed by atoms with Crippen LogP contribution in [0.2, 0.25) is 0 Å². The van der Waals surface area contributed by atoms with Gasteiger partial charge in [0.1, 0.15) is 5.82 Å². The molecule has 0 aliphatic rings. The Bertz CT molecular complexity index is 676. The number of ether oxygens (including phenoxy) is 2. The second-order valence-electron chi connectivity index (χ2n) is 4.12. The minimum absolute atomic E-state index is 0.0908. The zero-order valence-electron chi connectivity index (χ0n) is 11.4. The first-order chi connectivity index (χ1) is 10.1. The van der Waals surface area contributed by atoms with E-state index in [2.05, 4.69) is 21.2 Å². The molecule has 0 saturated carbocycles. The molecule has 0 heterocycles. The molecule has 0 unspecified atom stereocenters. The zero-order chi connectivity index (χ0) is 15.4. The Hall–Kier alpha value is -2.08. The first kappa shape index (κ1) is 15.3. The molecule has 6 heteroatoms. The van der Waals surface area contributed by atoms with Crippen LogP contribution in [0.5, 0.6) is 11.5 Å². The van der Waals surface area contributed by atoms with Gasteiger partial charge in [0.2, 0.25) is 0 Å². The van der Waals surface area contributed by atoms with Gasteiger partial charge < -0.3 is 14.8 Å². The van der Waals surface area contributed by atoms with E-state index >= 15 is 0 Å². The zero-order valence-corrected chi connectivity index (χ0v) is 13.0. The third kappa shape index (κ3) is 3.33. The lowest BCUT2D eigenvalue weighted by Crippen LogP contribution is -2.14. The number of nitrogens with one attached hydrogen (secondary N) is 1. The summed E-state index contributed by atoms with van der Waals surface area (Å²) in [6.07, 6.45) is 0. The maximum absolute atomic E-state index is 13.8. The molecule has 0 aromatic heterocycles. The lowest BCUT2D eigenvalue weighted by atomic mass is 10.1. The Morgan fingerprint density at radius 3 is 2.57 bits per heavy atom. The summed E-state index contributed by atoms with van der Waals surface area (Å²) >= 11 is 3.16. The molecule has 21 heavy (non-hydrogen) atoms. The van der Waals surface area contributed by atoms with Gasteiger partial charge in [0, 0.05) is 4.47 Å². The van der Waals surface area contributed by atoms with Crippen LogP contribution in [0.1, 0.15) is 10.4 Å². The number of anilines is 1. The Morgan fingerprint density at radius 1 is 1.19 bits per heavy atom. The van der Waals surface area contributed by atoms with Crippen molar-refractivity contribution in [3.8, 4) is 11.5 Å². The second kappa shape index (κ2) is 6.58. The maximum atomic E-state index is 13.8. The van der Waals surface area contributed by atoms with Crippen molar-refractivity contribution in [3.05, 3.63) is 52.3 Å². The minimum Gasteiger partial charge on any atom is -0.493 e. The molecule has 0 aliphatic heterocycles. The summed E-state index contributed by atoms with van der Waals surface area (Å²) in [7, 11) is 2.92. The topological polar surface area (TPSA) is 47.6 Å². The van der Waals surface area contributed by atoms with E-state index in [4.69, 9.17) is 9.47 Å². The number of carbonyl (C=O) groups is 1. The van der Waals surface area contributed by atoms with Crippen LogP contribution in [0.4, 0.5) is 10.1 Å². The van der Waals surface area contributed by atoms with Gasteiger partial charge in [0.05, 0.1) is 25.5 Å². The number of para-hydroxylation sites is 1. The van der Waals surface area contributed by atoms with Gasteiger partial charge in [0.15, 0.2) is 11.5 Å². The number of amides is 1. The van der Waals surface area contributed by atoms with Crippen LogP contribution in [-0.4, -0.2) is 20.1 Å². The van der Waals surface area contributed by atoms with E-state index in [1.807, 2.05) is 0 Å². The van der Waals surface area contributed by atoms with Crippen molar-refractivity contribution in [2.45, 2.75) is 0 Å². The van der Waals surface area contributed by atoms with Gasteiger partial charge in [-0.05, 0) is 30.3 Å². The van der Waals surface area contributed by atoms with Gasteiger partial charge in [-0.15, -0.1) is 0 Å². The van der Waals surface area contributed by atoms with Crippen molar-refractivity contribution < 1.29 is 18.7 Å². The molecule has 2 aromatic carbocycles. The summed E-state index contributed by atoms with van der Waals surface area (Å²) in [6.45, 7) is 0. The van der Waals surface area contributed by atoms with E-state index in [1.165, 1.54) is 26.4 Å². The normalized spacial score (nSPS) is 10.1. The van der Waals surface area contributed by atoms with Gasteiger partial charge in [-0.3, -0.25) is 4.79 Å². The van der Waals surface area contributed by atoms with Crippen LogP contribution < -0.4 is 14.8 Å². The third-order valence-electron chi connectivity index (χ3n) is 2.83. The lowest BCUT2D eigenvalue weighted by molar-refractivity contribution is 0.102. The summed E-state index contributed by atoms with van der Waals surface area (Å²) in [5.41, 5.74) is 0.354. The highest BCUT2D eigenvalue weighted by Crippen LogP contribution is 2.31. The highest BCUT2D eigenvalue weighted by molar-refractivity contribution is 9.10. The van der Waals surface area contributed by atoms with Gasteiger partial charge in [-0.1, -0.05) is 22.0 Å². The number of hydrogen-bond acceptors (Lipinski definition) is 3. The molecular weight excluding hydrogens is 341 g/mol. The van der Waals surface area contributed by atoms with E-state index < -0.39 is 11.7 Å². The van der Waals surface area contributed by atoms with Crippen molar-refractivity contribution in [1.29, 1.82) is 0 Å². The summed E-state index contributed by atoms with van der Waals surface area (Å²) in [4.78, 5) is 12.3. The Morgan fingerprint density at radius 2 is 1.95 bits per heavy atom. The maximum Gasteiger partial charge on any atom is 0.259 e. The molecule has 2 rings (SSSR count). The molecule has 0 spiro atoms. The Balaban J connectivity index is 2.32. The molecule has 1 N–H and O–H groups in total. The Labute approximate surface area is 130 Å². The van der Waals surface area contributed by atoms with Crippen LogP contribution in [0.25, 0.3) is 0 Å². The lowest BCUT2D eigenvalue weighted by Gasteiger charge is -2.13. The number of methoxy groups -OCH3 is 2. The van der Waals surface area contributed by atoms with Gasteiger partial charge >= 0.3 is 0 Å². The van der Waals surface area contributed by atoms with Gasteiger partial charge in [-0.25, -0.2) is 4.39 Å². The first-order valence-electron chi connectivity index (χ1n) is 6.04. The quantitative estimate of drug-likeness (QED) is 0.907. The molecule has 1 amide bonds. The molecular formula is C15H13BrFNO3. The molecule has 2 aromatic rings. The van der Waals surface area contributed by atoms with Gasteiger partial charge in [0.25, 0.3) is 5.91 Å². The molecule has 0 saturated heterocycles. The molecule has 0 aliphatic carbocycles. The fourth-order valence-electron chi connectivity index (χ4n) is 1.85. The smallest absolute Gasteiger partial charge is 0.259 e. The van der Waals surface area contributed by atoms with Crippen molar-refractivity contribution in [2.24, 2.45) is 0 Å². The number of hydrogen-bond donors (Lipinski definition) is 1. The predicted molar refractivity (Wildman–Crippen MR) is 81.6 cm³/mol. The standard InChI is InChI=1S/C15H13BrFNO3/c1-20-13-5-3-4-10(14(13)21-2)15(19)18-12-7-6-9(16)8-11(12)17/h3-8H,1-2H3,(H,18,19). The van der Waals surface area contributed by atoms with Crippen molar-refractivity contribution >= 4 is 27.5 Å². The summed E-state index contributed by atoms with van der Waals surface area (Å²) in [5.74, 6) is -0.275. The van der Waals surface area contributed by atoms with E-state index in [-0.39, 0.29) is 11.3 Å². The van der Waals surface area contributed by atoms with Gasteiger partial charge in [-0.2, -0.15) is 0 Å². The van der Waals surface area contributed by atoms with Crippen LogP contribution >= 0.6 is 15.9 Å². The summed E-state index contributed by atoms with van der Waals surface area (Å²) in [6, 6.07) is 9.31. The van der Waals surface area contributed by atoms with Crippen molar-refractivity contribution in [2.75, 3.05) is 19.5 Å². The number of halogens is 2. The molecule has 0 fully saturated rings. The molecule has 0 radical (unpaired) electrons. The highest BCUT2D eigenvalue weighted by Gasteiger charge is 2.17. The van der Waals surface area contributed by atoms with Crippen molar-refractivity contribution in [1.82, 2.24) is 0 Å². The fraction of sp³-hybridized carbons (Fsp3) is 0.133. The number of rotatable bonds is 4. The number of carbonyl (C=O) groups excluding carboxylic acids is 1. The Kier molecular flexibility index (Phi) is 4.80. The minimum atomic E-state index is -0.528. The van der Waals surface area contributed by atoms with Crippen molar-refractivity contribution in [3.63, 3.8) is 0 Å². The van der Waals surface area contributed by atoms with E-state index in [0.717, 1.165) is 0 Å².